The van der Waals surface area contributed by atoms with Crippen LogP contribution in [0.3, 0.4) is 0 Å². The van der Waals surface area contributed by atoms with Crippen LogP contribution >= 0.6 is 11.6 Å². The van der Waals surface area contributed by atoms with Crippen LogP contribution in [-0.4, -0.2) is 17.6 Å². The lowest BCUT2D eigenvalue weighted by atomic mass is 10.2. The zero-order chi connectivity index (χ0) is 18.8. The summed E-state index contributed by atoms with van der Waals surface area (Å²) >= 11 is 6.31. The van der Waals surface area contributed by atoms with Gasteiger partial charge >= 0.3 is 0 Å². The number of halogens is 1. The molecule has 0 aliphatic heterocycles. The van der Waals surface area contributed by atoms with Crippen molar-refractivity contribution in [3.05, 3.63) is 83.2 Å². The first kappa shape index (κ1) is 17.2. The number of rotatable bonds is 5. The minimum absolute atomic E-state index is 0.252. The van der Waals surface area contributed by atoms with Gasteiger partial charge in [-0.1, -0.05) is 41.9 Å². The number of ether oxygens (including phenoxy) is 1. The van der Waals surface area contributed by atoms with Crippen molar-refractivity contribution in [2.75, 3.05) is 12.4 Å². The summed E-state index contributed by atoms with van der Waals surface area (Å²) in [7, 11) is 1.57. The molecule has 2 aromatic carbocycles. The van der Waals surface area contributed by atoms with E-state index in [0.29, 0.717) is 34.3 Å². The second kappa shape index (κ2) is 7.21. The number of hydrogen-bond acceptors (Lipinski definition) is 3. The average Bonchev–Trinajstić information content (AvgIpc) is 3.26. The third-order valence-electron chi connectivity index (χ3n) is 4.40. The van der Waals surface area contributed by atoms with E-state index in [1.54, 1.807) is 31.6 Å². The fourth-order valence-corrected chi connectivity index (χ4v) is 3.26. The summed E-state index contributed by atoms with van der Waals surface area (Å²) in [5.41, 5.74) is 3.49. The van der Waals surface area contributed by atoms with Crippen LogP contribution in [0, 0.1) is 0 Å². The smallest absolute Gasteiger partial charge is 0.272 e. The first-order valence-electron chi connectivity index (χ1n) is 8.42. The first-order chi connectivity index (χ1) is 13.2. The van der Waals surface area contributed by atoms with Gasteiger partial charge in [-0.15, -0.1) is 0 Å². The molecule has 0 atom stereocenters. The molecule has 0 saturated heterocycles. The fourth-order valence-electron chi connectivity index (χ4n) is 3.07. The molecule has 0 saturated carbocycles. The number of aromatic nitrogens is 1. The minimum atomic E-state index is -0.252. The maximum absolute atomic E-state index is 13.0. The molecule has 4 rings (SSSR count). The number of nitrogens with one attached hydrogen (secondary N) is 1. The van der Waals surface area contributed by atoms with E-state index in [1.807, 2.05) is 47.0 Å². The molecule has 0 fully saturated rings. The van der Waals surface area contributed by atoms with E-state index in [9.17, 15) is 4.79 Å². The molecule has 5 nitrogen and oxygen atoms in total. The van der Waals surface area contributed by atoms with Crippen LogP contribution in [0.5, 0.6) is 5.75 Å². The van der Waals surface area contributed by atoms with E-state index < -0.39 is 0 Å². The number of para-hydroxylation sites is 2. The van der Waals surface area contributed by atoms with Crippen LogP contribution in [0.1, 0.15) is 16.1 Å². The fraction of sp³-hybridized carbons (Fsp3) is 0.0952. The topological polar surface area (TPSA) is 56.4 Å². The maximum atomic E-state index is 13.0. The number of nitrogens with zero attached hydrogens (tertiary/aromatic N) is 1. The van der Waals surface area contributed by atoms with Gasteiger partial charge in [0.05, 0.1) is 24.6 Å². The molecular formula is C21H17ClN2O3. The van der Waals surface area contributed by atoms with Gasteiger partial charge in [0.15, 0.2) is 5.58 Å². The Hall–Kier alpha value is -3.18. The van der Waals surface area contributed by atoms with E-state index in [2.05, 4.69) is 5.32 Å². The molecule has 1 N–H and O–H groups in total. The summed E-state index contributed by atoms with van der Waals surface area (Å²) < 4.78 is 12.7. The highest BCUT2D eigenvalue weighted by molar-refractivity contribution is 6.31. The highest BCUT2D eigenvalue weighted by Gasteiger charge is 2.19. The minimum Gasteiger partial charge on any atom is -0.495 e. The molecule has 6 heteroatoms. The molecule has 1 amide bonds. The predicted molar refractivity (Wildman–Crippen MR) is 106 cm³/mol. The molecule has 27 heavy (non-hydrogen) atoms. The van der Waals surface area contributed by atoms with E-state index in [1.165, 1.54) is 0 Å². The van der Waals surface area contributed by atoms with Gasteiger partial charge in [0, 0.05) is 23.7 Å². The predicted octanol–water partition coefficient (Wildman–Crippen LogP) is 5.20. The molecule has 0 radical (unpaired) electrons. The Morgan fingerprint density at radius 1 is 1.15 bits per heavy atom. The molecular weight excluding hydrogens is 364 g/mol. The van der Waals surface area contributed by atoms with Crippen LogP contribution in [0.15, 0.2) is 71.3 Å². The highest BCUT2D eigenvalue weighted by Crippen LogP contribution is 2.27. The summed E-state index contributed by atoms with van der Waals surface area (Å²) in [4.78, 5) is 13.0. The Morgan fingerprint density at radius 3 is 2.74 bits per heavy atom. The van der Waals surface area contributed by atoms with Crippen LogP contribution in [0.2, 0.25) is 5.02 Å². The van der Waals surface area contributed by atoms with Gasteiger partial charge in [-0.3, -0.25) is 4.79 Å². The van der Waals surface area contributed by atoms with Crippen molar-refractivity contribution in [1.82, 2.24) is 4.57 Å². The second-order valence-corrected chi connectivity index (χ2v) is 6.44. The van der Waals surface area contributed by atoms with Crippen molar-refractivity contribution < 1.29 is 13.9 Å². The number of carbonyl (C=O) groups excluding carboxylic acids is 1. The van der Waals surface area contributed by atoms with Crippen LogP contribution in [0.4, 0.5) is 5.69 Å². The van der Waals surface area contributed by atoms with Gasteiger partial charge in [-0.25, -0.2) is 0 Å². The lowest BCUT2D eigenvalue weighted by Gasteiger charge is -2.13. The van der Waals surface area contributed by atoms with Crippen molar-refractivity contribution >= 4 is 34.3 Å². The molecule has 2 heterocycles. The lowest BCUT2D eigenvalue weighted by Crippen LogP contribution is -2.18. The quantitative estimate of drug-likeness (QED) is 0.518. The van der Waals surface area contributed by atoms with Gasteiger partial charge in [0.25, 0.3) is 5.91 Å². The first-order valence-corrected chi connectivity index (χ1v) is 8.79. The second-order valence-electron chi connectivity index (χ2n) is 6.03. The Kier molecular flexibility index (Phi) is 4.60. The lowest BCUT2D eigenvalue weighted by molar-refractivity contribution is 0.101. The Balaban J connectivity index is 1.72. The van der Waals surface area contributed by atoms with Gasteiger partial charge in [-0.05, 0) is 23.8 Å². The Bertz CT molecular complexity index is 1110. The number of anilines is 1. The van der Waals surface area contributed by atoms with Gasteiger partial charge in [0.2, 0.25) is 0 Å². The third kappa shape index (κ3) is 3.29. The molecule has 0 spiro atoms. The van der Waals surface area contributed by atoms with Crippen LogP contribution in [0.25, 0.3) is 11.1 Å². The third-order valence-corrected chi connectivity index (χ3v) is 4.77. The van der Waals surface area contributed by atoms with Crippen molar-refractivity contribution in [2.45, 2.75) is 6.54 Å². The number of carbonyl (C=O) groups is 1. The van der Waals surface area contributed by atoms with Gasteiger partial charge < -0.3 is 19.0 Å². The number of fused-ring (bicyclic) bond motifs is 1. The molecule has 0 aliphatic rings. The molecule has 0 bridgehead atoms. The molecule has 136 valence electrons. The summed E-state index contributed by atoms with van der Waals surface area (Å²) in [6.07, 6.45) is 1.61. The van der Waals surface area contributed by atoms with E-state index in [4.69, 9.17) is 20.8 Å². The summed E-state index contributed by atoms with van der Waals surface area (Å²) in [6, 6.07) is 18.4. The number of benzene rings is 2. The Morgan fingerprint density at radius 2 is 1.93 bits per heavy atom. The zero-order valence-electron chi connectivity index (χ0n) is 14.6. The monoisotopic (exact) mass is 380 g/mol. The number of furan rings is 1. The van der Waals surface area contributed by atoms with Gasteiger partial charge in [0.1, 0.15) is 11.4 Å². The van der Waals surface area contributed by atoms with Crippen molar-refractivity contribution in [3.8, 4) is 5.75 Å². The Labute approximate surface area is 161 Å². The summed E-state index contributed by atoms with van der Waals surface area (Å²) in [6.45, 7) is 0.456. The van der Waals surface area contributed by atoms with E-state index >= 15 is 0 Å². The average molecular weight is 381 g/mol. The molecule has 2 aromatic heterocycles. The van der Waals surface area contributed by atoms with Crippen LogP contribution in [-0.2, 0) is 6.54 Å². The van der Waals surface area contributed by atoms with Crippen LogP contribution < -0.4 is 10.1 Å². The van der Waals surface area contributed by atoms with Crippen molar-refractivity contribution in [1.29, 1.82) is 0 Å². The standard InChI is InChI=1S/C21H17ClN2O3/c1-26-19-9-5-4-8-16(19)23-21(25)18-12-20-17(10-11-27-20)24(18)13-14-6-2-3-7-15(14)22/h2-12H,13H2,1H3,(H,23,25). The van der Waals surface area contributed by atoms with Crippen molar-refractivity contribution in [3.63, 3.8) is 0 Å². The highest BCUT2D eigenvalue weighted by atomic mass is 35.5. The van der Waals surface area contributed by atoms with E-state index in [-0.39, 0.29) is 5.91 Å². The summed E-state index contributed by atoms with van der Waals surface area (Å²) in [5, 5.41) is 3.56. The largest absolute Gasteiger partial charge is 0.495 e. The SMILES string of the molecule is COc1ccccc1NC(=O)c1cc2occc2n1Cc1ccccc1Cl. The molecule has 0 aliphatic carbocycles. The summed E-state index contributed by atoms with van der Waals surface area (Å²) in [5.74, 6) is 0.344. The van der Waals surface area contributed by atoms with Gasteiger partial charge in [-0.2, -0.15) is 0 Å². The molecule has 0 unspecified atom stereocenters. The van der Waals surface area contributed by atoms with E-state index in [0.717, 1.165) is 11.1 Å². The number of hydrogen-bond donors (Lipinski definition) is 1. The zero-order valence-corrected chi connectivity index (χ0v) is 15.4. The normalized spacial score (nSPS) is 10.9. The number of amides is 1. The van der Waals surface area contributed by atoms with Crippen molar-refractivity contribution in [2.24, 2.45) is 0 Å². The molecule has 4 aromatic rings. The number of methoxy groups -OCH3 is 1. The maximum Gasteiger partial charge on any atom is 0.272 e.